The molecule has 0 bridgehead atoms. The Kier molecular flexibility index (Phi) is 6.45. The number of nitrogens with two attached hydrogens (primary N) is 1. The average molecular weight is 323 g/mol. The van der Waals surface area contributed by atoms with Gasteiger partial charge in [0, 0.05) is 32.1 Å². The molecule has 2 saturated heterocycles. The number of amides is 2. The summed E-state index contributed by atoms with van der Waals surface area (Å²) >= 11 is 0. The lowest BCUT2D eigenvalue weighted by Crippen LogP contribution is -2.51. The molecule has 0 aliphatic carbocycles. The molecule has 2 unspecified atom stereocenters. The first-order valence-electron chi connectivity index (χ1n) is 9.27. The normalized spacial score (nSPS) is 23.7. The minimum atomic E-state index is -0.407. The highest BCUT2D eigenvalue weighted by Gasteiger charge is 2.33. The summed E-state index contributed by atoms with van der Waals surface area (Å²) in [7, 11) is 0. The molecule has 0 aromatic rings. The van der Waals surface area contributed by atoms with Crippen molar-refractivity contribution in [1.82, 2.24) is 9.80 Å². The SMILES string of the molecule is CCC(C)C(N)C(=O)N1CCC(C(=O)N2CCC(C)CC2)CC1. The van der Waals surface area contributed by atoms with Crippen LogP contribution >= 0.6 is 0 Å². The summed E-state index contributed by atoms with van der Waals surface area (Å²) in [4.78, 5) is 28.9. The van der Waals surface area contributed by atoms with Crippen LogP contribution in [0, 0.1) is 17.8 Å². The van der Waals surface area contributed by atoms with Gasteiger partial charge in [-0.1, -0.05) is 27.2 Å². The molecule has 5 nitrogen and oxygen atoms in total. The molecule has 0 radical (unpaired) electrons. The van der Waals surface area contributed by atoms with Crippen molar-refractivity contribution < 1.29 is 9.59 Å². The van der Waals surface area contributed by atoms with Gasteiger partial charge >= 0.3 is 0 Å². The predicted octanol–water partition coefficient (Wildman–Crippen LogP) is 1.86. The summed E-state index contributed by atoms with van der Waals surface area (Å²) < 4.78 is 0. The molecular formula is C18H33N3O2. The number of carbonyl (C=O) groups is 2. The van der Waals surface area contributed by atoms with Crippen LogP contribution in [0.5, 0.6) is 0 Å². The molecule has 132 valence electrons. The Morgan fingerprint density at radius 3 is 2.09 bits per heavy atom. The maximum absolute atomic E-state index is 12.6. The van der Waals surface area contributed by atoms with Gasteiger partial charge in [0.2, 0.25) is 11.8 Å². The summed E-state index contributed by atoms with van der Waals surface area (Å²) in [6, 6.07) is -0.407. The molecule has 5 heteroatoms. The first-order valence-corrected chi connectivity index (χ1v) is 9.27. The molecule has 2 fully saturated rings. The third-order valence-electron chi connectivity index (χ3n) is 5.79. The Bertz CT molecular complexity index is 410. The fourth-order valence-electron chi connectivity index (χ4n) is 3.54. The minimum Gasteiger partial charge on any atom is -0.342 e. The van der Waals surface area contributed by atoms with Gasteiger partial charge in [-0.25, -0.2) is 0 Å². The Hall–Kier alpha value is -1.10. The molecule has 0 aromatic heterocycles. The van der Waals surface area contributed by atoms with E-state index < -0.39 is 6.04 Å². The molecule has 2 aliphatic heterocycles. The Balaban J connectivity index is 1.81. The van der Waals surface area contributed by atoms with E-state index in [9.17, 15) is 9.59 Å². The Morgan fingerprint density at radius 2 is 1.57 bits per heavy atom. The smallest absolute Gasteiger partial charge is 0.239 e. The lowest BCUT2D eigenvalue weighted by Gasteiger charge is -2.37. The van der Waals surface area contributed by atoms with Crippen LogP contribution < -0.4 is 5.73 Å². The summed E-state index contributed by atoms with van der Waals surface area (Å²) in [5.41, 5.74) is 6.06. The van der Waals surface area contributed by atoms with Crippen molar-refractivity contribution in [2.45, 2.75) is 58.9 Å². The number of hydrogen-bond donors (Lipinski definition) is 1. The fourth-order valence-corrected chi connectivity index (χ4v) is 3.54. The molecule has 0 spiro atoms. The van der Waals surface area contributed by atoms with Gasteiger partial charge in [0.05, 0.1) is 6.04 Å². The van der Waals surface area contributed by atoms with Gasteiger partial charge in [-0.15, -0.1) is 0 Å². The van der Waals surface area contributed by atoms with E-state index in [1.54, 1.807) is 0 Å². The maximum atomic E-state index is 12.6. The first-order chi connectivity index (χ1) is 10.9. The van der Waals surface area contributed by atoms with Crippen LogP contribution in [0.2, 0.25) is 0 Å². The van der Waals surface area contributed by atoms with Crippen LogP contribution in [0.3, 0.4) is 0 Å². The van der Waals surface area contributed by atoms with E-state index in [1.165, 1.54) is 0 Å². The van der Waals surface area contributed by atoms with Crippen molar-refractivity contribution >= 4 is 11.8 Å². The van der Waals surface area contributed by atoms with E-state index in [0.717, 1.165) is 51.1 Å². The summed E-state index contributed by atoms with van der Waals surface area (Å²) in [6.45, 7) is 9.48. The van der Waals surface area contributed by atoms with E-state index in [4.69, 9.17) is 5.73 Å². The molecule has 0 aromatic carbocycles. The van der Waals surface area contributed by atoms with Crippen LogP contribution in [0.15, 0.2) is 0 Å². The second kappa shape index (κ2) is 8.13. The Labute approximate surface area is 140 Å². The van der Waals surface area contributed by atoms with E-state index in [2.05, 4.69) is 13.8 Å². The second-order valence-electron chi connectivity index (χ2n) is 7.52. The van der Waals surface area contributed by atoms with Crippen molar-refractivity contribution in [3.8, 4) is 0 Å². The van der Waals surface area contributed by atoms with Crippen molar-refractivity contribution in [1.29, 1.82) is 0 Å². The van der Waals surface area contributed by atoms with E-state index in [1.807, 2.05) is 16.7 Å². The van der Waals surface area contributed by atoms with Gasteiger partial charge in [0.25, 0.3) is 0 Å². The van der Waals surface area contributed by atoms with Crippen molar-refractivity contribution in [2.75, 3.05) is 26.2 Å². The second-order valence-corrected chi connectivity index (χ2v) is 7.52. The average Bonchev–Trinajstić information content (AvgIpc) is 2.60. The van der Waals surface area contributed by atoms with Crippen LogP contribution in [-0.4, -0.2) is 53.8 Å². The highest BCUT2D eigenvalue weighted by Crippen LogP contribution is 2.24. The van der Waals surface area contributed by atoms with Gasteiger partial charge in [-0.05, 0) is 37.5 Å². The monoisotopic (exact) mass is 323 g/mol. The summed E-state index contributed by atoms with van der Waals surface area (Å²) in [5.74, 6) is 1.39. The zero-order chi connectivity index (χ0) is 17.0. The topological polar surface area (TPSA) is 66.6 Å². The summed E-state index contributed by atoms with van der Waals surface area (Å²) in [6.07, 6.45) is 4.71. The fraction of sp³-hybridized carbons (Fsp3) is 0.889. The van der Waals surface area contributed by atoms with Crippen molar-refractivity contribution in [3.63, 3.8) is 0 Å². The van der Waals surface area contributed by atoms with Crippen molar-refractivity contribution in [3.05, 3.63) is 0 Å². The largest absolute Gasteiger partial charge is 0.342 e. The summed E-state index contributed by atoms with van der Waals surface area (Å²) in [5, 5.41) is 0. The quantitative estimate of drug-likeness (QED) is 0.858. The highest BCUT2D eigenvalue weighted by atomic mass is 16.2. The van der Waals surface area contributed by atoms with E-state index in [-0.39, 0.29) is 17.7 Å². The number of nitrogens with zero attached hydrogens (tertiary/aromatic N) is 2. The molecule has 2 heterocycles. The molecular weight excluding hydrogens is 290 g/mol. The van der Waals surface area contributed by atoms with Gasteiger partial charge in [0.1, 0.15) is 0 Å². The van der Waals surface area contributed by atoms with E-state index in [0.29, 0.717) is 19.0 Å². The Morgan fingerprint density at radius 1 is 1.04 bits per heavy atom. The zero-order valence-electron chi connectivity index (χ0n) is 15.0. The zero-order valence-corrected chi connectivity index (χ0v) is 15.0. The lowest BCUT2D eigenvalue weighted by molar-refractivity contribution is -0.142. The predicted molar refractivity (Wildman–Crippen MR) is 91.7 cm³/mol. The van der Waals surface area contributed by atoms with Gasteiger partial charge in [-0.2, -0.15) is 0 Å². The van der Waals surface area contributed by atoms with Crippen LogP contribution in [-0.2, 0) is 9.59 Å². The number of carbonyl (C=O) groups excluding carboxylic acids is 2. The van der Waals surface area contributed by atoms with Crippen LogP contribution in [0.25, 0.3) is 0 Å². The lowest BCUT2D eigenvalue weighted by atomic mass is 9.91. The maximum Gasteiger partial charge on any atom is 0.239 e. The van der Waals surface area contributed by atoms with E-state index >= 15 is 0 Å². The third kappa shape index (κ3) is 4.46. The molecule has 2 atom stereocenters. The van der Waals surface area contributed by atoms with Gasteiger partial charge < -0.3 is 15.5 Å². The van der Waals surface area contributed by atoms with Gasteiger partial charge in [0.15, 0.2) is 0 Å². The molecule has 2 aliphatic rings. The molecule has 2 rings (SSSR count). The first kappa shape index (κ1) is 18.2. The minimum absolute atomic E-state index is 0.0528. The van der Waals surface area contributed by atoms with Crippen LogP contribution in [0.1, 0.15) is 52.9 Å². The molecule has 23 heavy (non-hydrogen) atoms. The molecule has 2 amide bonds. The molecule has 0 saturated carbocycles. The highest BCUT2D eigenvalue weighted by molar-refractivity contribution is 5.83. The number of likely N-dealkylation sites (tertiary alicyclic amines) is 2. The van der Waals surface area contributed by atoms with Crippen LogP contribution in [0.4, 0.5) is 0 Å². The standard InChI is InChI=1S/C18H33N3O2/c1-4-14(3)16(19)18(23)21-11-7-15(8-12-21)17(22)20-9-5-13(2)6-10-20/h13-16H,4-12,19H2,1-3H3. The third-order valence-corrected chi connectivity index (χ3v) is 5.79. The number of hydrogen-bond acceptors (Lipinski definition) is 3. The number of rotatable bonds is 4. The molecule has 2 N–H and O–H groups in total. The van der Waals surface area contributed by atoms with Crippen molar-refractivity contribution in [2.24, 2.45) is 23.5 Å². The van der Waals surface area contributed by atoms with Gasteiger partial charge in [-0.3, -0.25) is 9.59 Å². The number of piperidine rings is 2.